The van der Waals surface area contributed by atoms with Crippen LogP contribution in [-0.4, -0.2) is 22.4 Å². The molecule has 90 valence electrons. The summed E-state index contributed by atoms with van der Waals surface area (Å²) in [6.07, 6.45) is 3.91. The maximum Gasteiger partial charge on any atom is 0.0645 e. The topological polar surface area (TPSA) is 55.9 Å². The fourth-order valence-corrected chi connectivity index (χ4v) is 1.55. The summed E-state index contributed by atoms with van der Waals surface area (Å²) in [5, 5.41) is 7.67. The maximum atomic E-state index is 5.55. The van der Waals surface area contributed by atoms with Gasteiger partial charge in [0.1, 0.15) is 0 Å². The molecule has 4 nitrogen and oxygen atoms in total. The predicted molar refractivity (Wildman–Crippen MR) is 68.9 cm³/mol. The number of nitrogens with zero attached hydrogens (tertiary/aromatic N) is 2. The van der Waals surface area contributed by atoms with Crippen LogP contribution in [0.4, 0.5) is 0 Å². The summed E-state index contributed by atoms with van der Waals surface area (Å²) in [6, 6.07) is 10.4. The SMILES string of the molecule is C[C@H](CN)NCc1cnn(-c2ccccc2)c1. The minimum absolute atomic E-state index is 0.329. The predicted octanol–water partition coefficient (Wildman–Crippen LogP) is 1.31. The van der Waals surface area contributed by atoms with Crippen molar-refractivity contribution in [2.45, 2.75) is 19.5 Å². The van der Waals surface area contributed by atoms with Crippen molar-refractivity contribution in [3.8, 4) is 5.69 Å². The van der Waals surface area contributed by atoms with Crippen LogP contribution in [0.5, 0.6) is 0 Å². The minimum Gasteiger partial charge on any atom is -0.329 e. The zero-order valence-corrected chi connectivity index (χ0v) is 10.0. The van der Waals surface area contributed by atoms with E-state index in [0.717, 1.165) is 17.8 Å². The molecule has 0 bridgehead atoms. The average molecular weight is 230 g/mol. The Kier molecular flexibility index (Phi) is 3.90. The highest BCUT2D eigenvalue weighted by Gasteiger charge is 2.02. The molecule has 1 aromatic carbocycles. The monoisotopic (exact) mass is 230 g/mol. The Morgan fingerprint density at radius 3 is 2.82 bits per heavy atom. The van der Waals surface area contributed by atoms with Gasteiger partial charge in [0.05, 0.1) is 11.9 Å². The second-order valence-corrected chi connectivity index (χ2v) is 4.15. The van der Waals surface area contributed by atoms with E-state index in [1.54, 1.807) is 0 Å². The summed E-state index contributed by atoms with van der Waals surface area (Å²) in [6.45, 7) is 3.51. The van der Waals surface area contributed by atoms with Gasteiger partial charge in [-0.1, -0.05) is 18.2 Å². The van der Waals surface area contributed by atoms with E-state index in [4.69, 9.17) is 5.73 Å². The van der Waals surface area contributed by atoms with Crippen molar-refractivity contribution < 1.29 is 0 Å². The number of hydrogen-bond acceptors (Lipinski definition) is 3. The van der Waals surface area contributed by atoms with Crippen LogP contribution in [0.2, 0.25) is 0 Å². The quantitative estimate of drug-likeness (QED) is 0.814. The second-order valence-electron chi connectivity index (χ2n) is 4.15. The van der Waals surface area contributed by atoms with Crippen molar-refractivity contribution in [1.82, 2.24) is 15.1 Å². The van der Waals surface area contributed by atoms with Gasteiger partial charge in [0.2, 0.25) is 0 Å². The maximum absolute atomic E-state index is 5.55. The molecule has 17 heavy (non-hydrogen) atoms. The zero-order valence-electron chi connectivity index (χ0n) is 10.0. The first-order valence-electron chi connectivity index (χ1n) is 5.82. The average Bonchev–Trinajstić information content (AvgIpc) is 2.86. The van der Waals surface area contributed by atoms with Crippen LogP contribution in [0.15, 0.2) is 42.7 Å². The van der Waals surface area contributed by atoms with Crippen LogP contribution < -0.4 is 11.1 Å². The minimum atomic E-state index is 0.329. The van der Waals surface area contributed by atoms with Gasteiger partial charge in [0.25, 0.3) is 0 Å². The molecule has 0 saturated carbocycles. The molecule has 1 heterocycles. The number of nitrogens with two attached hydrogens (primary N) is 1. The van der Waals surface area contributed by atoms with Crippen LogP contribution in [0.1, 0.15) is 12.5 Å². The first-order chi connectivity index (χ1) is 8.29. The first-order valence-corrected chi connectivity index (χ1v) is 5.82. The molecule has 2 rings (SSSR count). The number of rotatable bonds is 5. The van der Waals surface area contributed by atoms with Crippen LogP contribution >= 0.6 is 0 Å². The fraction of sp³-hybridized carbons (Fsp3) is 0.308. The van der Waals surface area contributed by atoms with E-state index in [-0.39, 0.29) is 0 Å². The number of benzene rings is 1. The second kappa shape index (κ2) is 5.61. The molecule has 0 aliphatic carbocycles. The highest BCUT2D eigenvalue weighted by molar-refractivity contribution is 5.30. The Bertz CT molecular complexity index is 449. The van der Waals surface area contributed by atoms with E-state index in [2.05, 4.69) is 17.3 Å². The van der Waals surface area contributed by atoms with Crippen molar-refractivity contribution in [3.05, 3.63) is 48.3 Å². The summed E-state index contributed by atoms with van der Waals surface area (Å²) in [5.74, 6) is 0. The van der Waals surface area contributed by atoms with Crippen LogP contribution in [0, 0.1) is 0 Å². The molecule has 1 aromatic heterocycles. The molecule has 0 spiro atoms. The van der Waals surface area contributed by atoms with Crippen molar-refractivity contribution >= 4 is 0 Å². The largest absolute Gasteiger partial charge is 0.329 e. The van der Waals surface area contributed by atoms with Gasteiger partial charge in [-0.2, -0.15) is 5.10 Å². The van der Waals surface area contributed by atoms with Crippen LogP contribution in [0.3, 0.4) is 0 Å². The van der Waals surface area contributed by atoms with E-state index in [1.165, 1.54) is 0 Å². The molecule has 4 heteroatoms. The number of nitrogens with one attached hydrogen (secondary N) is 1. The first kappa shape index (κ1) is 11.8. The summed E-state index contributed by atoms with van der Waals surface area (Å²) < 4.78 is 1.88. The number of hydrogen-bond donors (Lipinski definition) is 2. The van der Waals surface area contributed by atoms with Gasteiger partial charge in [-0.3, -0.25) is 0 Å². The van der Waals surface area contributed by atoms with Gasteiger partial charge < -0.3 is 11.1 Å². The Hall–Kier alpha value is -1.65. The van der Waals surface area contributed by atoms with Crippen molar-refractivity contribution in [2.24, 2.45) is 5.73 Å². The van der Waals surface area contributed by atoms with E-state index in [0.29, 0.717) is 12.6 Å². The lowest BCUT2D eigenvalue weighted by atomic mass is 10.3. The number of aromatic nitrogens is 2. The lowest BCUT2D eigenvalue weighted by molar-refractivity contribution is 0.556. The van der Waals surface area contributed by atoms with E-state index >= 15 is 0 Å². The summed E-state index contributed by atoms with van der Waals surface area (Å²) in [5.41, 5.74) is 7.79. The highest BCUT2D eigenvalue weighted by Crippen LogP contribution is 2.07. The molecular formula is C13H18N4. The molecule has 0 radical (unpaired) electrons. The Labute approximate surface area is 101 Å². The molecular weight excluding hydrogens is 212 g/mol. The lowest BCUT2D eigenvalue weighted by Crippen LogP contribution is -2.32. The third kappa shape index (κ3) is 3.15. The van der Waals surface area contributed by atoms with Gasteiger partial charge >= 0.3 is 0 Å². The Morgan fingerprint density at radius 1 is 1.35 bits per heavy atom. The van der Waals surface area contributed by atoms with Crippen molar-refractivity contribution in [3.63, 3.8) is 0 Å². The molecule has 2 aromatic rings. The molecule has 0 aliphatic heterocycles. The van der Waals surface area contributed by atoms with Crippen LogP contribution in [-0.2, 0) is 6.54 Å². The summed E-state index contributed by atoms with van der Waals surface area (Å²) >= 11 is 0. The normalized spacial score (nSPS) is 12.6. The smallest absolute Gasteiger partial charge is 0.0645 e. The van der Waals surface area contributed by atoms with Gasteiger partial charge in [-0.15, -0.1) is 0 Å². The Morgan fingerprint density at radius 2 is 2.12 bits per heavy atom. The molecule has 1 atom stereocenters. The Balaban J connectivity index is 2.01. The van der Waals surface area contributed by atoms with E-state index in [9.17, 15) is 0 Å². The fourth-order valence-electron chi connectivity index (χ4n) is 1.55. The summed E-state index contributed by atoms with van der Waals surface area (Å²) in [4.78, 5) is 0. The number of para-hydroxylation sites is 1. The van der Waals surface area contributed by atoms with Gasteiger partial charge in [0, 0.05) is 30.9 Å². The molecule has 3 N–H and O–H groups in total. The van der Waals surface area contributed by atoms with Crippen molar-refractivity contribution in [2.75, 3.05) is 6.54 Å². The lowest BCUT2D eigenvalue weighted by Gasteiger charge is -2.09. The van der Waals surface area contributed by atoms with Crippen LogP contribution in [0.25, 0.3) is 5.69 Å². The molecule has 0 saturated heterocycles. The molecule has 0 unspecified atom stereocenters. The zero-order chi connectivity index (χ0) is 12.1. The molecule has 0 amide bonds. The van der Waals surface area contributed by atoms with Gasteiger partial charge in [-0.05, 0) is 19.1 Å². The third-order valence-electron chi connectivity index (χ3n) is 2.67. The van der Waals surface area contributed by atoms with Gasteiger partial charge in [-0.25, -0.2) is 4.68 Å². The van der Waals surface area contributed by atoms with Gasteiger partial charge in [0.15, 0.2) is 0 Å². The standard InChI is InChI=1S/C13H18N4/c1-11(7-14)15-8-12-9-16-17(10-12)13-5-3-2-4-6-13/h2-6,9-11,15H,7-8,14H2,1H3/t11-/m1/s1. The van der Waals surface area contributed by atoms with E-state index in [1.807, 2.05) is 47.4 Å². The molecule has 0 fully saturated rings. The summed E-state index contributed by atoms with van der Waals surface area (Å²) in [7, 11) is 0. The van der Waals surface area contributed by atoms with Crippen molar-refractivity contribution in [1.29, 1.82) is 0 Å². The molecule has 0 aliphatic rings. The third-order valence-corrected chi connectivity index (χ3v) is 2.67. The van der Waals surface area contributed by atoms with E-state index < -0.39 is 0 Å². The highest BCUT2D eigenvalue weighted by atomic mass is 15.3.